The van der Waals surface area contributed by atoms with Crippen LogP contribution in [0.3, 0.4) is 0 Å². The number of aromatic nitrogens is 1. The van der Waals surface area contributed by atoms with E-state index < -0.39 is 24.1 Å². The maximum atomic E-state index is 11.1. The number of carboxylic acids is 1. The number of rotatable bonds is 4. The van der Waals surface area contributed by atoms with E-state index in [-0.39, 0.29) is 5.88 Å². The molecule has 0 saturated carbocycles. The first-order valence-corrected chi connectivity index (χ1v) is 4.24. The summed E-state index contributed by atoms with van der Waals surface area (Å²) in [6, 6.07) is 4.47. The van der Waals surface area contributed by atoms with E-state index in [0.29, 0.717) is 0 Å². The number of pyridine rings is 1. The molecule has 7 heteroatoms. The first kappa shape index (κ1) is 12.1. The smallest absolute Gasteiger partial charge is 0.345 e. The maximum absolute atomic E-state index is 11.1. The standard InChI is InChI=1S/C9H9NO6/c11-6(8(13)14)7(12)9(15)16-5-3-1-2-4-10-5/h1-4,6-7,11-12H,(H,13,14)/t6-,7+/m0/s1. The van der Waals surface area contributed by atoms with Gasteiger partial charge in [-0.1, -0.05) is 6.07 Å². The molecular weight excluding hydrogens is 218 g/mol. The van der Waals surface area contributed by atoms with Crippen molar-refractivity contribution in [1.29, 1.82) is 0 Å². The minimum atomic E-state index is -2.23. The molecule has 0 aromatic carbocycles. The van der Waals surface area contributed by atoms with Crippen molar-refractivity contribution in [2.75, 3.05) is 0 Å². The third-order valence-electron chi connectivity index (χ3n) is 1.64. The SMILES string of the molecule is O=C(O)[C@@H](O)[C@@H](O)C(=O)Oc1ccccn1. The number of aliphatic hydroxyl groups excluding tert-OH is 2. The molecule has 7 nitrogen and oxygen atoms in total. The highest BCUT2D eigenvalue weighted by molar-refractivity contribution is 5.85. The second-order valence-electron chi connectivity index (χ2n) is 2.82. The summed E-state index contributed by atoms with van der Waals surface area (Å²) < 4.78 is 4.52. The average molecular weight is 227 g/mol. The molecule has 0 radical (unpaired) electrons. The summed E-state index contributed by atoms with van der Waals surface area (Å²) in [5, 5.41) is 26.3. The van der Waals surface area contributed by atoms with Crippen molar-refractivity contribution in [2.24, 2.45) is 0 Å². The van der Waals surface area contributed by atoms with E-state index in [1.807, 2.05) is 0 Å². The van der Waals surface area contributed by atoms with E-state index in [2.05, 4.69) is 9.72 Å². The Balaban J connectivity index is 2.63. The zero-order valence-electron chi connectivity index (χ0n) is 7.98. The predicted octanol–water partition coefficient (Wildman–Crippen LogP) is -1.21. The van der Waals surface area contributed by atoms with Gasteiger partial charge in [0, 0.05) is 12.3 Å². The van der Waals surface area contributed by atoms with Gasteiger partial charge in [-0.25, -0.2) is 14.6 Å². The number of esters is 1. The second-order valence-corrected chi connectivity index (χ2v) is 2.82. The quantitative estimate of drug-likeness (QED) is 0.552. The van der Waals surface area contributed by atoms with Gasteiger partial charge in [0.1, 0.15) is 0 Å². The van der Waals surface area contributed by atoms with Crippen LogP contribution in [0.1, 0.15) is 0 Å². The summed E-state index contributed by atoms with van der Waals surface area (Å²) in [4.78, 5) is 25.0. The lowest BCUT2D eigenvalue weighted by atomic mass is 10.2. The van der Waals surface area contributed by atoms with Gasteiger partial charge in [-0.15, -0.1) is 0 Å². The Labute approximate surface area is 89.9 Å². The van der Waals surface area contributed by atoms with E-state index in [0.717, 1.165) is 0 Å². The van der Waals surface area contributed by atoms with Gasteiger partial charge in [0.2, 0.25) is 5.88 Å². The van der Waals surface area contributed by atoms with E-state index in [9.17, 15) is 9.59 Å². The third kappa shape index (κ3) is 3.01. The zero-order chi connectivity index (χ0) is 12.1. The van der Waals surface area contributed by atoms with Crippen molar-refractivity contribution in [3.05, 3.63) is 24.4 Å². The predicted molar refractivity (Wildman–Crippen MR) is 49.5 cm³/mol. The number of hydrogen-bond acceptors (Lipinski definition) is 6. The summed E-state index contributed by atoms with van der Waals surface area (Å²) in [5.74, 6) is -3.09. The number of nitrogens with zero attached hydrogens (tertiary/aromatic N) is 1. The Morgan fingerprint density at radius 1 is 1.25 bits per heavy atom. The number of ether oxygens (including phenoxy) is 1. The first-order chi connectivity index (χ1) is 7.52. The lowest BCUT2D eigenvalue weighted by Crippen LogP contribution is -2.41. The molecule has 0 aliphatic rings. The molecule has 1 rings (SSSR count). The second kappa shape index (κ2) is 5.19. The lowest BCUT2D eigenvalue weighted by molar-refractivity contribution is -0.164. The number of carbonyl (C=O) groups is 2. The molecule has 3 N–H and O–H groups in total. The molecule has 0 fully saturated rings. The van der Waals surface area contributed by atoms with Crippen LogP contribution >= 0.6 is 0 Å². The van der Waals surface area contributed by atoms with Crippen molar-refractivity contribution in [2.45, 2.75) is 12.2 Å². The molecule has 86 valence electrons. The van der Waals surface area contributed by atoms with Gasteiger partial charge in [-0.3, -0.25) is 0 Å². The molecular formula is C9H9NO6. The number of aliphatic carboxylic acids is 1. The monoisotopic (exact) mass is 227 g/mol. The number of hydrogen-bond donors (Lipinski definition) is 3. The molecule has 0 aliphatic carbocycles. The maximum Gasteiger partial charge on any atom is 0.345 e. The summed E-state index contributed by atoms with van der Waals surface area (Å²) in [5.41, 5.74) is 0. The Morgan fingerprint density at radius 3 is 2.44 bits per heavy atom. The average Bonchev–Trinajstić information content (AvgIpc) is 2.28. The Morgan fingerprint density at radius 2 is 1.94 bits per heavy atom. The number of carbonyl (C=O) groups excluding carboxylic acids is 1. The highest BCUT2D eigenvalue weighted by Crippen LogP contribution is 2.06. The highest BCUT2D eigenvalue weighted by Gasteiger charge is 2.31. The lowest BCUT2D eigenvalue weighted by Gasteiger charge is -2.12. The fraction of sp³-hybridized carbons (Fsp3) is 0.222. The number of aliphatic hydroxyl groups is 2. The topological polar surface area (TPSA) is 117 Å². The molecule has 0 saturated heterocycles. The van der Waals surface area contributed by atoms with Crippen LogP contribution in [0.25, 0.3) is 0 Å². The van der Waals surface area contributed by atoms with Crippen LogP contribution in [-0.4, -0.2) is 44.5 Å². The van der Waals surface area contributed by atoms with Gasteiger partial charge in [0.25, 0.3) is 0 Å². The van der Waals surface area contributed by atoms with Gasteiger partial charge in [0.15, 0.2) is 12.2 Å². The molecule has 0 aliphatic heterocycles. The summed E-state index contributed by atoms with van der Waals surface area (Å²) in [7, 11) is 0. The van der Waals surface area contributed by atoms with Crippen molar-refractivity contribution in [1.82, 2.24) is 4.98 Å². The molecule has 0 amide bonds. The van der Waals surface area contributed by atoms with Gasteiger partial charge >= 0.3 is 11.9 Å². The van der Waals surface area contributed by atoms with Gasteiger partial charge in [-0.2, -0.15) is 0 Å². The minimum Gasteiger partial charge on any atom is -0.479 e. The summed E-state index contributed by atoms with van der Waals surface area (Å²) in [6.45, 7) is 0. The van der Waals surface area contributed by atoms with Crippen LogP contribution in [0, 0.1) is 0 Å². The zero-order valence-corrected chi connectivity index (χ0v) is 7.98. The van der Waals surface area contributed by atoms with Gasteiger partial charge in [-0.05, 0) is 6.07 Å². The van der Waals surface area contributed by atoms with Crippen LogP contribution < -0.4 is 4.74 Å². The van der Waals surface area contributed by atoms with Crippen molar-refractivity contribution in [3.8, 4) is 5.88 Å². The van der Waals surface area contributed by atoms with Crippen molar-refractivity contribution in [3.63, 3.8) is 0 Å². The fourth-order valence-corrected chi connectivity index (χ4v) is 0.835. The first-order valence-electron chi connectivity index (χ1n) is 4.24. The van der Waals surface area contributed by atoms with Crippen LogP contribution in [0.4, 0.5) is 0 Å². The van der Waals surface area contributed by atoms with Crippen LogP contribution in [0.5, 0.6) is 5.88 Å². The molecule has 0 spiro atoms. The van der Waals surface area contributed by atoms with Gasteiger partial charge < -0.3 is 20.1 Å². The molecule has 1 heterocycles. The molecule has 16 heavy (non-hydrogen) atoms. The third-order valence-corrected chi connectivity index (χ3v) is 1.64. The van der Waals surface area contributed by atoms with E-state index >= 15 is 0 Å². The van der Waals surface area contributed by atoms with Crippen LogP contribution in [0.2, 0.25) is 0 Å². The van der Waals surface area contributed by atoms with Crippen molar-refractivity contribution >= 4 is 11.9 Å². The van der Waals surface area contributed by atoms with E-state index in [1.165, 1.54) is 18.3 Å². The van der Waals surface area contributed by atoms with Crippen LogP contribution in [-0.2, 0) is 9.59 Å². The largest absolute Gasteiger partial charge is 0.479 e. The molecule has 0 unspecified atom stereocenters. The molecule has 2 atom stereocenters. The Bertz CT molecular complexity index is 379. The molecule has 1 aromatic rings. The Kier molecular flexibility index (Phi) is 3.92. The highest BCUT2D eigenvalue weighted by atomic mass is 16.6. The van der Waals surface area contributed by atoms with Crippen molar-refractivity contribution < 1.29 is 29.6 Å². The summed E-state index contributed by atoms with van der Waals surface area (Å²) >= 11 is 0. The van der Waals surface area contributed by atoms with E-state index in [1.54, 1.807) is 6.07 Å². The minimum absolute atomic E-state index is 0.0934. The van der Waals surface area contributed by atoms with E-state index in [4.69, 9.17) is 15.3 Å². The summed E-state index contributed by atoms with van der Waals surface area (Å²) in [6.07, 6.45) is -3.03. The Hall–Kier alpha value is -1.99. The molecule has 1 aromatic heterocycles. The van der Waals surface area contributed by atoms with Crippen LogP contribution in [0.15, 0.2) is 24.4 Å². The number of carboxylic acid groups (broad SMARTS) is 1. The van der Waals surface area contributed by atoms with Gasteiger partial charge in [0.05, 0.1) is 0 Å². The normalized spacial score (nSPS) is 13.9. The fourth-order valence-electron chi connectivity index (χ4n) is 0.835. The molecule has 0 bridgehead atoms.